The molecule has 1 aliphatic rings. The highest BCUT2D eigenvalue weighted by atomic mass is 16.5. The van der Waals surface area contributed by atoms with Gasteiger partial charge in [0.2, 0.25) is 0 Å². The van der Waals surface area contributed by atoms with Crippen molar-refractivity contribution < 1.29 is 4.74 Å². The molecule has 1 aliphatic carbocycles. The summed E-state index contributed by atoms with van der Waals surface area (Å²) >= 11 is 0. The number of nitrogens with two attached hydrogens (primary N) is 1. The number of pyridine rings is 1. The van der Waals surface area contributed by atoms with E-state index in [1.165, 1.54) is 18.5 Å². The van der Waals surface area contributed by atoms with Gasteiger partial charge in [-0.3, -0.25) is 4.98 Å². The van der Waals surface area contributed by atoms with Crippen LogP contribution in [0.25, 0.3) is 0 Å². The van der Waals surface area contributed by atoms with Crippen LogP contribution in [0.5, 0.6) is 0 Å². The maximum atomic E-state index is 5.81. The zero-order chi connectivity index (χ0) is 9.97. The Bertz CT molecular complexity index is 321. The van der Waals surface area contributed by atoms with Gasteiger partial charge < -0.3 is 10.5 Å². The Hall–Kier alpha value is -1.09. The van der Waals surface area contributed by atoms with E-state index in [-0.39, 0.29) is 0 Å². The smallest absolute Gasteiger partial charge is 0.0737 e. The molecule has 0 spiro atoms. The molecule has 2 N–H and O–H groups in total. The van der Waals surface area contributed by atoms with Crippen LogP contribution in [0.1, 0.15) is 36.9 Å². The number of nitrogen functional groups attached to an aromatic ring is 1. The molecule has 0 unspecified atom stereocenters. The summed E-state index contributed by atoms with van der Waals surface area (Å²) in [5, 5.41) is 0. The van der Waals surface area contributed by atoms with Crippen LogP contribution in [-0.2, 0) is 11.3 Å². The van der Waals surface area contributed by atoms with Crippen LogP contribution in [0.3, 0.4) is 0 Å². The Morgan fingerprint density at radius 3 is 3.00 bits per heavy atom. The molecule has 2 rings (SSSR count). The largest absolute Gasteiger partial charge is 0.397 e. The van der Waals surface area contributed by atoms with Gasteiger partial charge in [-0.05, 0) is 25.8 Å². The Morgan fingerprint density at radius 2 is 2.36 bits per heavy atom. The van der Waals surface area contributed by atoms with Crippen molar-refractivity contribution in [2.24, 2.45) is 0 Å². The lowest BCUT2D eigenvalue weighted by Gasteiger charge is -2.07. The van der Waals surface area contributed by atoms with Crippen molar-refractivity contribution in [3.63, 3.8) is 0 Å². The topological polar surface area (TPSA) is 48.1 Å². The number of nitrogens with zero attached hydrogens (tertiary/aromatic N) is 1. The van der Waals surface area contributed by atoms with Gasteiger partial charge in [-0.25, -0.2) is 0 Å². The summed E-state index contributed by atoms with van der Waals surface area (Å²) in [5.41, 5.74) is 8.79. The van der Waals surface area contributed by atoms with Crippen LogP contribution < -0.4 is 5.73 Å². The van der Waals surface area contributed by atoms with Crippen LogP contribution in [0.2, 0.25) is 0 Å². The zero-order valence-electron chi connectivity index (χ0n) is 8.49. The fraction of sp³-hybridized carbons (Fsp3) is 0.545. The Morgan fingerprint density at radius 1 is 1.57 bits per heavy atom. The second kappa shape index (κ2) is 3.96. The average molecular weight is 192 g/mol. The normalized spacial score (nSPS) is 15.8. The van der Waals surface area contributed by atoms with Gasteiger partial charge in [0, 0.05) is 23.8 Å². The van der Waals surface area contributed by atoms with Gasteiger partial charge in [0.25, 0.3) is 0 Å². The van der Waals surface area contributed by atoms with E-state index in [0.717, 1.165) is 17.9 Å². The molecule has 0 saturated heterocycles. The monoisotopic (exact) mass is 192 g/mol. The average Bonchev–Trinajstić information content (AvgIpc) is 3.00. The highest BCUT2D eigenvalue weighted by Crippen LogP contribution is 2.39. The maximum Gasteiger partial charge on any atom is 0.0737 e. The second-order valence-corrected chi connectivity index (χ2v) is 3.72. The minimum Gasteiger partial charge on any atom is -0.397 e. The molecule has 1 heterocycles. The first kappa shape index (κ1) is 9.46. The molecule has 76 valence electrons. The molecule has 1 aromatic heterocycles. The van der Waals surface area contributed by atoms with Gasteiger partial charge in [0.15, 0.2) is 0 Å². The second-order valence-electron chi connectivity index (χ2n) is 3.72. The molecule has 1 aromatic rings. The van der Waals surface area contributed by atoms with Crippen LogP contribution in [0, 0.1) is 0 Å². The van der Waals surface area contributed by atoms with Crippen LogP contribution >= 0.6 is 0 Å². The molecule has 0 aliphatic heterocycles. The molecule has 3 nitrogen and oxygen atoms in total. The number of anilines is 1. The first-order valence-corrected chi connectivity index (χ1v) is 5.13. The summed E-state index contributed by atoms with van der Waals surface area (Å²) in [6.45, 7) is 3.31. The van der Waals surface area contributed by atoms with Gasteiger partial charge in [0.05, 0.1) is 18.5 Å². The molecule has 0 radical (unpaired) electrons. The third-order valence-corrected chi connectivity index (χ3v) is 2.50. The number of hydrogen-bond acceptors (Lipinski definition) is 3. The third-order valence-electron chi connectivity index (χ3n) is 2.50. The summed E-state index contributed by atoms with van der Waals surface area (Å²) in [7, 11) is 0. The number of hydrogen-bond donors (Lipinski definition) is 1. The Kier molecular flexibility index (Phi) is 2.68. The Labute approximate surface area is 84.3 Å². The van der Waals surface area contributed by atoms with Crippen molar-refractivity contribution in [1.82, 2.24) is 4.98 Å². The quantitative estimate of drug-likeness (QED) is 0.794. The molecule has 1 saturated carbocycles. The number of ether oxygens (including phenoxy) is 1. The summed E-state index contributed by atoms with van der Waals surface area (Å²) in [4.78, 5) is 4.33. The van der Waals surface area contributed by atoms with Gasteiger partial charge in [-0.15, -0.1) is 0 Å². The molecule has 0 amide bonds. The number of aromatic nitrogens is 1. The fourth-order valence-corrected chi connectivity index (χ4v) is 1.47. The van der Waals surface area contributed by atoms with E-state index in [9.17, 15) is 0 Å². The van der Waals surface area contributed by atoms with E-state index in [4.69, 9.17) is 10.5 Å². The van der Waals surface area contributed by atoms with E-state index < -0.39 is 0 Å². The van der Waals surface area contributed by atoms with Crippen molar-refractivity contribution >= 4 is 5.69 Å². The molecule has 3 heteroatoms. The molecule has 0 atom stereocenters. The molecule has 1 fully saturated rings. The lowest BCUT2D eigenvalue weighted by molar-refractivity contribution is 0.134. The minimum atomic E-state index is 0.602. The first-order valence-electron chi connectivity index (χ1n) is 5.13. The Balaban J connectivity index is 2.14. The third kappa shape index (κ3) is 2.04. The molecule has 0 bridgehead atoms. The van der Waals surface area contributed by atoms with Crippen LogP contribution in [-0.4, -0.2) is 11.6 Å². The van der Waals surface area contributed by atoms with E-state index in [1.54, 1.807) is 6.20 Å². The van der Waals surface area contributed by atoms with E-state index >= 15 is 0 Å². The summed E-state index contributed by atoms with van der Waals surface area (Å²) in [5.74, 6) is 0.677. The van der Waals surface area contributed by atoms with Gasteiger partial charge >= 0.3 is 0 Å². The van der Waals surface area contributed by atoms with E-state index in [1.807, 2.05) is 6.92 Å². The lowest BCUT2D eigenvalue weighted by Crippen LogP contribution is -2.00. The van der Waals surface area contributed by atoms with E-state index in [0.29, 0.717) is 12.5 Å². The summed E-state index contributed by atoms with van der Waals surface area (Å²) in [6, 6.07) is 2.09. The zero-order valence-corrected chi connectivity index (χ0v) is 8.49. The molecule has 0 aromatic carbocycles. The predicted octanol–water partition coefficient (Wildman–Crippen LogP) is 2.08. The highest BCUT2D eigenvalue weighted by molar-refractivity contribution is 5.45. The van der Waals surface area contributed by atoms with Crippen molar-refractivity contribution in [1.29, 1.82) is 0 Å². The SMILES string of the molecule is CCOCc1cc(C2CC2)ncc1N. The summed E-state index contributed by atoms with van der Waals surface area (Å²) < 4.78 is 5.35. The first-order chi connectivity index (χ1) is 6.81. The fourth-order valence-electron chi connectivity index (χ4n) is 1.47. The molecular weight excluding hydrogens is 176 g/mol. The molecule has 14 heavy (non-hydrogen) atoms. The number of rotatable bonds is 4. The van der Waals surface area contributed by atoms with Gasteiger partial charge in [-0.2, -0.15) is 0 Å². The van der Waals surface area contributed by atoms with Gasteiger partial charge in [0.1, 0.15) is 0 Å². The van der Waals surface area contributed by atoms with Crippen molar-refractivity contribution in [3.8, 4) is 0 Å². The standard InChI is InChI=1S/C11H16N2O/c1-2-14-7-9-5-11(8-3-4-8)13-6-10(9)12/h5-6,8H,2-4,7,12H2,1H3. The minimum absolute atomic E-state index is 0.602. The van der Waals surface area contributed by atoms with Crippen molar-refractivity contribution in [2.75, 3.05) is 12.3 Å². The van der Waals surface area contributed by atoms with Gasteiger partial charge in [-0.1, -0.05) is 0 Å². The molecular formula is C11H16N2O. The van der Waals surface area contributed by atoms with Crippen LogP contribution in [0.4, 0.5) is 5.69 Å². The lowest BCUT2D eigenvalue weighted by atomic mass is 10.1. The predicted molar refractivity (Wildman–Crippen MR) is 56.0 cm³/mol. The summed E-state index contributed by atoms with van der Waals surface area (Å²) in [6.07, 6.45) is 4.29. The van der Waals surface area contributed by atoms with Crippen molar-refractivity contribution in [3.05, 3.63) is 23.5 Å². The van der Waals surface area contributed by atoms with E-state index in [2.05, 4.69) is 11.1 Å². The van der Waals surface area contributed by atoms with Crippen LogP contribution in [0.15, 0.2) is 12.3 Å². The van der Waals surface area contributed by atoms with Crippen molar-refractivity contribution in [2.45, 2.75) is 32.3 Å². The maximum absolute atomic E-state index is 5.81. The highest BCUT2D eigenvalue weighted by Gasteiger charge is 2.25.